The fourth-order valence-electron chi connectivity index (χ4n) is 2.91. The Morgan fingerprint density at radius 1 is 1.37 bits per heavy atom. The summed E-state index contributed by atoms with van der Waals surface area (Å²) in [6.45, 7) is 0. The van der Waals surface area contributed by atoms with Gasteiger partial charge in [0.2, 0.25) is 0 Å². The first-order chi connectivity index (χ1) is 9.15. The van der Waals surface area contributed by atoms with Crippen molar-refractivity contribution in [3.63, 3.8) is 0 Å². The first-order valence-electron chi connectivity index (χ1n) is 6.48. The molecule has 4 heteroatoms. The van der Waals surface area contributed by atoms with E-state index in [1.165, 1.54) is 0 Å². The fraction of sp³-hybridized carbons (Fsp3) is 0.400. The van der Waals surface area contributed by atoms with E-state index >= 15 is 0 Å². The molecule has 1 heterocycles. The third-order valence-corrected chi connectivity index (χ3v) is 3.92. The molecular weight excluding hydrogens is 244 g/mol. The zero-order chi connectivity index (χ0) is 13.5. The predicted octanol–water partition coefficient (Wildman–Crippen LogP) is 3.11. The second-order valence-corrected chi connectivity index (χ2v) is 5.07. The number of methoxy groups -OCH3 is 1. The number of carbonyl (C=O) groups is 1. The Hall–Kier alpha value is -1.97. The van der Waals surface area contributed by atoms with E-state index in [1.54, 1.807) is 19.2 Å². The van der Waals surface area contributed by atoms with Gasteiger partial charge in [-0.1, -0.05) is 6.08 Å². The van der Waals surface area contributed by atoms with Crippen molar-refractivity contribution in [1.29, 1.82) is 0 Å². The highest BCUT2D eigenvalue weighted by atomic mass is 16.5. The second kappa shape index (κ2) is 4.30. The van der Waals surface area contributed by atoms with E-state index < -0.39 is 5.97 Å². The number of hydrogen-bond donors (Lipinski definition) is 1. The van der Waals surface area contributed by atoms with Crippen LogP contribution in [0.25, 0.3) is 6.08 Å². The zero-order valence-electron chi connectivity index (χ0n) is 10.8. The van der Waals surface area contributed by atoms with Gasteiger partial charge in [0, 0.05) is 5.56 Å². The maximum atomic E-state index is 11.3. The third-order valence-electron chi connectivity index (χ3n) is 3.92. The predicted molar refractivity (Wildman–Crippen MR) is 70.8 cm³/mol. The van der Waals surface area contributed by atoms with E-state index in [1.807, 2.05) is 12.2 Å². The lowest BCUT2D eigenvalue weighted by molar-refractivity contribution is 0.0693. The van der Waals surface area contributed by atoms with Crippen LogP contribution in [0.3, 0.4) is 0 Å². The molecule has 1 spiro atoms. The molecule has 0 bridgehead atoms. The van der Waals surface area contributed by atoms with E-state index in [9.17, 15) is 9.90 Å². The van der Waals surface area contributed by atoms with Crippen molar-refractivity contribution in [2.75, 3.05) is 7.11 Å². The highest BCUT2D eigenvalue weighted by Gasteiger charge is 2.38. The first-order valence-corrected chi connectivity index (χ1v) is 6.48. The molecule has 1 fully saturated rings. The molecule has 1 saturated carbocycles. The molecule has 1 aliphatic heterocycles. The van der Waals surface area contributed by atoms with E-state index in [0.717, 1.165) is 25.7 Å². The van der Waals surface area contributed by atoms with E-state index in [4.69, 9.17) is 9.47 Å². The Kier molecular flexibility index (Phi) is 2.73. The van der Waals surface area contributed by atoms with Gasteiger partial charge < -0.3 is 14.6 Å². The van der Waals surface area contributed by atoms with E-state index in [0.29, 0.717) is 17.1 Å². The van der Waals surface area contributed by atoms with Crippen molar-refractivity contribution in [2.24, 2.45) is 0 Å². The number of benzene rings is 1. The minimum Gasteiger partial charge on any atom is -0.493 e. The molecule has 3 rings (SSSR count). The van der Waals surface area contributed by atoms with E-state index in [2.05, 4.69) is 0 Å². The van der Waals surface area contributed by atoms with Crippen LogP contribution in [-0.2, 0) is 0 Å². The molecule has 4 nitrogen and oxygen atoms in total. The quantitative estimate of drug-likeness (QED) is 0.887. The zero-order valence-corrected chi connectivity index (χ0v) is 10.8. The topological polar surface area (TPSA) is 55.8 Å². The molecular formula is C15H16O4. The average Bonchev–Trinajstić information content (AvgIpc) is 2.85. The van der Waals surface area contributed by atoms with Crippen LogP contribution in [0.4, 0.5) is 0 Å². The third kappa shape index (κ3) is 1.87. The Balaban J connectivity index is 2.12. The van der Waals surface area contributed by atoms with E-state index in [-0.39, 0.29) is 11.2 Å². The van der Waals surface area contributed by atoms with Gasteiger partial charge in [-0.2, -0.15) is 0 Å². The summed E-state index contributed by atoms with van der Waals surface area (Å²) in [4.78, 5) is 11.3. The number of fused-ring (bicyclic) bond motifs is 1. The van der Waals surface area contributed by atoms with Crippen LogP contribution in [0.2, 0.25) is 0 Å². The van der Waals surface area contributed by atoms with Gasteiger partial charge in [0.25, 0.3) is 0 Å². The van der Waals surface area contributed by atoms with Crippen LogP contribution in [0.15, 0.2) is 18.2 Å². The molecule has 0 saturated heterocycles. The standard InChI is InChI=1S/C15H16O4/c1-18-12-5-4-11(14(16)17)10-6-9-15(19-13(10)12)7-2-3-8-15/h4-6,9H,2-3,7-8H2,1H3,(H,16,17). The van der Waals surface area contributed by atoms with Gasteiger partial charge in [-0.15, -0.1) is 0 Å². The van der Waals surface area contributed by atoms with Crippen molar-refractivity contribution < 1.29 is 19.4 Å². The molecule has 0 amide bonds. The van der Waals surface area contributed by atoms with Crippen LogP contribution in [0.1, 0.15) is 41.6 Å². The molecule has 1 aromatic rings. The monoisotopic (exact) mass is 260 g/mol. The highest BCUT2D eigenvalue weighted by Crippen LogP contribution is 2.45. The van der Waals surface area contributed by atoms with Crippen molar-refractivity contribution in [2.45, 2.75) is 31.3 Å². The molecule has 100 valence electrons. The van der Waals surface area contributed by atoms with Crippen molar-refractivity contribution in [1.82, 2.24) is 0 Å². The number of aromatic carboxylic acids is 1. The van der Waals surface area contributed by atoms with Crippen LogP contribution < -0.4 is 9.47 Å². The van der Waals surface area contributed by atoms with Crippen molar-refractivity contribution in [3.8, 4) is 11.5 Å². The lowest BCUT2D eigenvalue weighted by atomic mass is 9.94. The molecule has 1 aromatic carbocycles. The number of hydrogen-bond acceptors (Lipinski definition) is 3. The lowest BCUT2D eigenvalue weighted by Crippen LogP contribution is -2.32. The van der Waals surface area contributed by atoms with Crippen LogP contribution >= 0.6 is 0 Å². The number of carboxylic acids is 1. The number of carboxylic acid groups (broad SMARTS) is 1. The Morgan fingerprint density at radius 2 is 2.11 bits per heavy atom. The molecule has 1 aliphatic carbocycles. The van der Waals surface area contributed by atoms with Crippen molar-refractivity contribution >= 4 is 12.0 Å². The summed E-state index contributed by atoms with van der Waals surface area (Å²) >= 11 is 0. The molecule has 0 radical (unpaired) electrons. The lowest BCUT2D eigenvalue weighted by Gasteiger charge is -2.32. The van der Waals surface area contributed by atoms with Crippen LogP contribution in [0, 0.1) is 0 Å². The summed E-state index contributed by atoms with van der Waals surface area (Å²) in [5.41, 5.74) is 0.585. The van der Waals surface area contributed by atoms with Gasteiger partial charge in [0.15, 0.2) is 11.5 Å². The highest BCUT2D eigenvalue weighted by molar-refractivity contribution is 5.94. The summed E-state index contributed by atoms with van der Waals surface area (Å²) in [5.74, 6) is 0.206. The normalized spacial score (nSPS) is 19.0. The Morgan fingerprint density at radius 3 is 2.74 bits per heavy atom. The molecule has 0 aromatic heterocycles. The average molecular weight is 260 g/mol. The largest absolute Gasteiger partial charge is 0.493 e. The molecule has 19 heavy (non-hydrogen) atoms. The molecule has 1 N–H and O–H groups in total. The smallest absolute Gasteiger partial charge is 0.336 e. The van der Waals surface area contributed by atoms with Gasteiger partial charge >= 0.3 is 5.97 Å². The summed E-state index contributed by atoms with van der Waals surface area (Å²) in [6, 6.07) is 3.21. The summed E-state index contributed by atoms with van der Waals surface area (Å²) in [5, 5.41) is 9.23. The van der Waals surface area contributed by atoms with Gasteiger partial charge in [-0.25, -0.2) is 4.79 Å². The molecule has 2 aliphatic rings. The fourth-order valence-corrected chi connectivity index (χ4v) is 2.91. The summed E-state index contributed by atoms with van der Waals surface area (Å²) < 4.78 is 11.4. The molecule has 0 unspecified atom stereocenters. The SMILES string of the molecule is COc1ccc(C(=O)O)c2c1OC1(C=C2)CCCC1. The van der Waals surface area contributed by atoms with Gasteiger partial charge in [-0.05, 0) is 43.9 Å². The van der Waals surface area contributed by atoms with Gasteiger partial charge in [-0.3, -0.25) is 0 Å². The Bertz CT molecular complexity index is 554. The molecule has 0 atom stereocenters. The second-order valence-electron chi connectivity index (χ2n) is 5.07. The van der Waals surface area contributed by atoms with Crippen molar-refractivity contribution in [3.05, 3.63) is 29.3 Å². The minimum absolute atomic E-state index is 0.250. The minimum atomic E-state index is -0.950. The first kappa shape index (κ1) is 12.1. The Labute approximate surface area is 111 Å². The van der Waals surface area contributed by atoms with Crippen LogP contribution in [-0.4, -0.2) is 23.8 Å². The summed E-state index contributed by atoms with van der Waals surface area (Å²) in [6.07, 6.45) is 8.11. The van der Waals surface area contributed by atoms with Gasteiger partial charge in [0.1, 0.15) is 5.60 Å². The maximum absolute atomic E-state index is 11.3. The summed E-state index contributed by atoms with van der Waals surface area (Å²) in [7, 11) is 1.57. The van der Waals surface area contributed by atoms with Gasteiger partial charge in [0.05, 0.1) is 12.7 Å². The number of ether oxygens (including phenoxy) is 2. The number of rotatable bonds is 2. The maximum Gasteiger partial charge on any atom is 0.336 e. The van der Waals surface area contributed by atoms with Crippen LogP contribution in [0.5, 0.6) is 11.5 Å².